The lowest BCUT2D eigenvalue weighted by Gasteiger charge is -2.21. The second kappa shape index (κ2) is 4.00. The van der Waals surface area contributed by atoms with E-state index < -0.39 is 0 Å². The first-order valence-corrected chi connectivity index (χ1v) is 5.13. The van der Waals surface area contributed by atoms with Crippen molar-refractivity contribution in [1.29, 1.82) is 0 Å². The fourth-order valence-electron chi connectivity index (χ4n) is 1.22. The molecular weight excluding hydrogens is 168 g/mol. The van der Waals surface area contributed by atoms with E-state index in [0.717, 1.165) is 6.42 Å². The molecule has 0 heteroatoms. The van der Waals surface area contributed by atoms with Crippen LogP contribution in [-0.4, -0.2) is 0 Å². The molecular formula is C14H20. The molecule has 0 aromatic heterocycles. The van der Waals surface area contributed by atoms with E-state index in [4.69, 9.17) is 0 Å². The summed E-state index contributed by atoms with van der Waals surface area (Å²) in [7, 11) is 0. The minimum Gasteiger partial charge on any atom is -0.0990 e. The molecule has 76 valence electrons. The van der Waals surface area contributed by atoms with E-state index in [9.17, 15) is 0 Å². The Labute approximate surface area is 87.7 Å². The van der Waals surface area contributed by atoms with Crippen LogP contribution in [0, 0.1) is 12.3 Å². The molecule has 0 unspecified atom stereocenters. The maximum Gasteiger partial charge on any atom is -0.00646 e. The standard InChI is InChI=1S/C14H20/c1-11-6-8-13(9-7-11)10-12(2)14(3,4)5/h6-9H,2,10H2,1,3-5H3. The number of hydrogen-bond acceptors (Lipinski definition) is 0. The Bertz CT molecular complexity index is 309. The molecule has 0 amide bonds. The van der Waals surface area contributed by atoms with Crippen LogP contribution in [0.15, 0.2) is 36.4 Å². The Morgan fingerprint density at radius 1 is 1.14 bits per heavy atom. The third kappa shape index (κ3) is 3.02. The topological polar surface area (TPSA) is 0 Å². The van der Waals surface area contributed by atoms with Crippen molar-refractivity contribution in [2.75, 3.05) is 0 Å². The average Bonchev–Trinajstić information content (AvgIpc) is 2.07. The summed E-state index contributed by atoms with van der Waals surface area (Å²) in [6.07, 6.45) is 0.990. The number of aryl methyl sites for hydroxylation is 1. The highest BCUT2D eigenvalue weighted by atomic mass is 14.2. The summed E-state index contributed by atoms with van der Waals surface area (Å²) < 4.78 is 0. The second-order valence-corrected chi connectivity index (χ2v) is 5.02. The third-order valence-corrected chi connectivity index (χ3v) is 2.60. The maximum atomic E-state index is 4.14. The van der Waals surface area contributed by atoms with E-state index in [1.165, 1.54) is 16.7 Å². The fraction of sp³-hybridized carbons (Fsp3) is 0.429. The van der Waals surface area contributed by atoms with Gasteiger partial charge < -0.3 is 0 Å². The highest BCUT2D eigenvalue weighted by molar-refractivity contribution is 5.26. The van der Waals surface area contributed by atoms with Crippen molar-refractivity contribution >= 4 is 0 Å². The van der Waals surface area contributed by atoms with Crippen molar-refractivity contribution in [1.82, 2.24) is 0 Å². The van der Waals surface area contributed by atoms with E-state index in [2.05, 4.69) is 58.5 Å². The molecule has 0 atom stereocenters. The maximum absolute atomic E-state index is 4.14. The van der Waals surface area contributed by atoms with Gasteiger partial charge in [-0.15, -0.1) is 0 Å². The smallest absolute Gasteiger partial charge is 0.00646 e. The summed E-state index contributed by atoms with van der Waals surface area (Å²) >= 11 is 0. The summed E-state index contributed by atoms with van der Waals surface area (Å²) in [5.41, 5.74) is 4.18. The largest absolute Gasteiger partial charge is 0.0990 e. The molecule has 0 saturated heterocycles. The highest BCUT2D eigenvalue weighted by Gasteiger charge is 2.14. The molecule has 1 aromatic carbocycles. The van der Waals surface area contributed by atoms with E-state index in [1.54, 1.807) is 0 Å². The summed E-state index contributed by atoms with van der Waals surface area (Å²) in [4.78, 5) is 0. The van der Waals surface area contributed by atoms with Crippen molar-refractivity contribution < 1.29 is 0 Å². The number of benzene rings is 1. The molecule has 0 bridgehead atoms. The van der Waals surface area contributed by atoms with Crippen molar-refractivity contribution in [2.45, 2.75) is 34.1 Å². The molecule has 0 fully saturated rings. The Hall–Kier alpha value is -1.04. The molecule has 0 aliphatic carbocycles. The third-order valence-electron chi connectivity index (χ3n) is 2.60. The zero-order valence-corrected chi connectivity index (χ0v) is 9.72. The molecule has 0 aliphatic rings. The quantitative estimate of drug-likeness (QED) is 0.612. The van der Waals surface area contributed by atoms with Gasteiger partial charge in [0.2, 0.25) is 0 Å². The Morgan fingerprint density at radius 3 is 2.07 bits per heavy atom. The van der Waals surface area contributed by atoms with Gasteiger partial charge in [0.25, 0.3) is 0 Å². The summed E-state index contributed by atoms with van der Waals surface area (Å²) in [5.74, 6) is 0. The summed E-state index contributed by atoms with van der Waals surface area (Å²) in [6, 6.07) is 8.69. The van der Waals surface area contributed by atoms with E-state index in [1.807, 2.05) is 0 Å². The Morgan fingerprint density at radius 2 is 1.64 bits per heavy atom. The van der Waals surface area contributed by atoms with Crippen LogP contribution in [0.25, 0.3) is 0 Å². The molecule has 0 heterocycles. The van der Waals surface area contributed by atoms with Gasteiger partial charge in [-0.05, 0) is 24.3 Å². The minimum absolute atomic E-state index is 0.213. The first kappa shape index (κ1) is 11.0. The lowest BCUT2D eigenvalue weighted by molar-refractivity contribution is 0.494. The fourth-order valence-corrected chi connectivity index (χ4v) is 1.22. The monoisotopic (exact) mass is 188 g/mol. The molecule has 0 spiro atoms. The van der Waals surface area contributed by atoms with E-state index >= 15 is 0 Å². The molecule has 0 aliphatic heterocycles. The zero-order valence-electron chi connectivity index (χ0n) is 9.72. The summed E-state index contributed by atoms with van der Waals surface area (Å²) in [5, 5.41) is 0. The van der Waals surface area contributed by atoms with Gasteiger partial charge in [-0.2, -0.15) is 0 Å². The van der Waals surface area contributed by atoms with Crippen molar-refractivity contribution in [2.24, 2.45) is 5.41 Å². The first-order valence-electron chi connectivity index (χ1n) is 5.13. The summed E-state index contributed by atoms with van der Waals surface area (Å²) in [6.45, 7) is 12.9. The lowest BCUT2D eigenvalue weighted by Crippen LogP contribution is -2.10. The van der Waals surface area contributed by atoms with Gasteiger partial charge in [0.05, 0.1) is 0 Å². The zero-order chi connectivity index (χ0) is 10.8. The molecule has 1 aromatic rings. The normalized spacial score (nSPS) is 11.4. The van der Waals surface area contributed by atoms with Crippen LogP contribution in [0.5, 0.6) is 0 Å². The number of rotatable bonds is 2. The van der Waals surface area contributed by atoms with Crippen LogP contribution in [0.4, 0.5) is 0 Å². The van der Waals surface area contributed by atoms with Gasteiger partial charge in [0.1, 0.15) is 0 Å². The Balaban J connectivity index is 2.71. The van der Waals surface area contributed by atoms with Crippen LogP contribution in [0.2, 0.25) is 0 Å². The van der Waals surface area contributed by atoms with Gasteiger partial charge in [-0.25, -0.2) is 0 Å². The van der Waals surface area contributed by atoms with Crippen molar-refractivity contribution in [3.05, 3.63) is 47.5 Å². The van der Waals surface area contributed by atoms with Crippen LogP contribution < -0.4 is 0 Å². The van der Waals surface area contributed by atoms with E-state index in [-0.39, 0.29) is 5.41 Å². The lowest BCUT2D eigenvalue weighted by atomic mass is 9.84. The second-order valence-electron chi connectivity index (χ2n) is 5.02. The van der Waals surface area contributed by atoms with Crippen LogP contribution in [0.3, 0.4) is 0 Å². The molecule has 0 nitrogen and oxygen atoms in total. The first-order chi connectivity index (χ1) is 6.39. The highest BCUT2D eigenvalue weighted by Crippen LogP contribution is 2.26. The number of hydrogen-bond donors (Lipinski definition) is 0. The Kier molecular flexibility index (Phi) is 3.15. The van der Waals surface area contributed by atoms with Crippen LogP contribution in [0.1, 0.15) is 31.9 Å². The predicted molar refractivity (Wildman–Crippen MR) is 63.5 cm³/mol. The van der Waals surface area contributed by atoms with Gasteiger partial charge >= 0.3 is 0 Å². The number of allylic oxidation sites excluding steroid dienone is 1. The van der Waals surface area contributed by atoms with Gasteiger partial charge in [0, 0.05) is 0 Å². The molecule has 0 radical (unpaired) electrons. The van der Waals surface area contributed by atoms with Gasteiger partial charge in [0.15, 0.2) is 0 Å². The SMILES string of the molecule is C=C(Cc1ccc(C)cc1)C(C)(C)C. The average molecular weight is 188 g/mol. The predicted octanol–water partition coefficient (Wildman–Crippen LogP) is 4.14. The van der Waals surface area contributed by atoms with Crippen LogP contribution >= 0.6 is 0 Å². The molecule has 0 N–H and O–H groups in total. The van der Waals surface area contributed by atoms with E-state index in [0.29, 0.717) is 0 Å². The van der Waals surface area contributed by atoms with Crippen molar-refractivity contribution in [3.8, 4) is 0 Å². The van der Waals surface area contributed by atoms with Gasteiger partial charge in [-0.3, -0.25) is 0 Å². The van der Waals surface area contributed by atoms with Crippen LogP contribution in [-0.2, 0) is 6.42 Å². The molecule has 1 rings (SSSR count). The van der Waals surface area contributed by atoms with Crippen molar-refractivity contribution in [3.63, 3.8) is 0 Å². The minimum atomic E-state index is 0.213. The van der Waals surface area contributed by atoms with Gasteiger partial charge in [-0.1, -0.05) is 62.8 Å². The molecule has 14 heavy (non-hydrogen) atoms. The molecule has 0 saturated carbocycles.